The summed E-state index contributed by atoms with van der Waals surface area (Å²) in [6, 6.07) is 16.2. The molecule has 2 amide bonds. The summed E-state index contributed by atoms with van der Waals surface area (Å²) in [5, 5.41) is 2.85. The molecular weight excluding hydrogens is 438 g/mol. The summed E-state index contributed by atoms with van der Waals surface area (Å²) in [6.07, 6.45) is 2.45. The molecule has 0 fully saturated rings. The third-order valence-corrected chi connectivity index (χ3v) is 6.55. The number of nitrogens with zero attached hydrogens (tertiary/aromatic N) is 2. The summed E-state index contributed by atoms with van der Waals surface area (Å²) in [7, 11) is -3.50. The highest BCUT2D eigenvalue weighted by Gasteiger charge is 2.26. The number of carbonyl (C=O) groups is 2. The first kappa shape index (κ1) is 26.4. The number of benzene rings is 2. The van der Waals surface area contributed by atoms with Crippen molar-refractivity contribution in [2.75, 3.05) is 23.7 Å². The van der Waals surface area contributed by atoms with Gasteiger partial charge in [-0.3, -0.25) is 13.9 Å². The Labute approximate surface area is 197 Å². The lowest BCUT2D eigenvalue weighted by atomic mass is 10.1. The first-order chi connectivity index (χ1) is 15.6. The van der Waals surface area contributed by atoms with E-state index in [9.17, 15) is 18.0 Å². The van der Waals surface area contributed by atoms with Gasteiger partial charge in [0.1, 0.15) is 6.04 Å². The van der Waals surface area contributed by atoms with Crippen molar-refractivity contribution in [2.24, 2.45) is 0 Å². The number of rotatable bonds is 12. The topological polar surface area (TPSA) is 86.8 Å². The fourth-order valence-electron chi connectivity index (χ4n) is 3.55. The van der Waals surface area contributed by atoms with Gasteiger partial charge < -0.3 is 10.2 Å². The third kappa shape index (κ3) is 8.20. The molecule has 2 rings (SSSR count). The Morgan fingerprint density at radius 2 is 1.76 bits per heavy atom. The number of nitrogens with one attached hydrogen (secondary N) is 1. The maximum atomic E-state index is 13.2. The lowest BCUT2D eigenvalue weighted by Crippen LogP contribution is -2.47. The quantitative estimate of drug-likeness (QED) is 0.511. The molecule has 0 saturated heterocycles. The van der Waals surface area contributed by atoms with Crippen molar-refractivity contribution in [1.82, 2.24) is 10.2 Å². The molecule has 0 spiro atoms. The van der Waals surface area contributed by atoms with Crippen LogP contribution in [0.15, 0.2) is 54.6 Å². The summed E-state index contributed by atoms with van der Waals surface area (Å²) in [6.45, 7) is 6.65. The molecule has 7 nitrogen and oxygen atoms in total. The Kier molecular flexibility index (Phi) is 9.91. The van der Waals surface area contributed by atoms with Gasteiger partial charge in [-0.15, -0.1) is 0 Å². The summed E-state index contributed by atoms with van der Waals surface area (Å²) in [5.41, 5.74) is 2.47. The van der Waals surface area contributed by atoms with Gasteiger partial charge in [0.15, 0.2) is 0 Å². The van der Waals surface area contributed by atoms with Crippen molar-refractivity contribution in [3.63, 3.8) is 0 Å². The minimum absolute atomic E-state index is 0.135. The van der Waals surface area contributed by atoms with E-state index in [0.29, 0.717) is 25.2 Å². The molecule has 0 radical (unpaired) electrons. The molecule has 180 valence electrons. The van der Waals surface area contributed by atoms with Gasteiger partial charge in [0.2, 0.25) is 21.8 Å². The Morgan fingerprint density at radius 3 is 2.36 bits per heavy atom. The van der Waals surface area contributed by atoms with E-state index >= 15 is 0 Å². The van der Waals surface area contributed by atoms with Crippen LogP contribution in [0.4, 0.5) is 5.69 Å². The molecule has 2 aromatic carbocycles. The van der Waals surface area contributed by atoms with Crippen LogP contribution in [-0.2, 0) is 26.2 Å². The maximum Gasteiger partial charge on any atom is 0.242 e. The van der Waals surface area contributed by atoms with Crippen LogP contribution >= 0.6 is 0 Å². The van der Waals surface area contributed by atoms with Gasteiger partial charge in [0.25, 0.3) is 0 Å². The zero-order chi connectivity index (χ0) is 24.4. The minimum Gasteiger partial charge on any atom is -0.354 e. The minimum atomic E-state index is -3.50. The van der Waals surface area contributed by atoms with Crippen molar-refractivity contribution in [2.45, 2.75) is 52.6 Å². The molecule has 0 heterocycles. The van der Waals surface area contributed by atoms with Gasteiger partial charge in [-0.25, -0.2) is 8.42 Å². The Balaban J connectivity index is 2.12. The van der Waals surface area contributed by atoms with E-state index in [0.717, 1.165) is 17.5 Å². The van der Waals surface area contributed by atoms with E-state index in [1.807, 2.05) is 62.4 Å². The molecule has 0 aliphatic rings. The lowest BCUT2D eigenvalue weighted by Gasteiger charge is -2.29. The predicted molar refractivity (Wildman–Crippen MR) is 132 cm³/mol. The number of hydrogen-bond acceptors (Lipinski definition) is 4. The molecule has 0 aliphatic carbocycles. The number of amides is 2. The molecule has 0 aliphatic heterocycles. The van der Waals surface area contributed by atoms with Crippen LogP contribution in [0.25, 0.3) is 0 Å². The van der Waals surface area contributed by atoms with Crippen LogP contribution < -0.4 is 9.62 Å². The summed E-state index contributed by atoms with van der Waals surface area (Å²) >= 11 is 0. The van der Waals surface area contributed by atoms with E-state index in [-0.39, 0.29) is 24.8 Å². The predicted octanol–water partition coefficient (Wildman–Crippen LogP) is 3.48. The largest absolute Gasteiger partial charge is 0.354 e. The molecule has 0 unspecified atom stereocenters. The standard InChI is InChI=1S/C25H35N3O4S/c1-5-16-26-25(30)21(3)27(19-22-12-7-6-8-13-22)24(29)15-10-17-28(33(4,31)32)23-14-9-11-20(2)18-23/h6-9,11-14,18,21H,5,10,15-17,19H2,1-4H3,(H,26,30)/t21-/m1/s1. The van der Waals surface area contributed by atoms with Gasteiger partial charge in [-0.2, -0.15) is 0 Å². The van der Waals surface area contributed by atoms with Crippen molar-refractivity contribution in [3.8, 4) is 0 Å². The van der Waals surface area contributed by atoms with Crippen LogP contribution in [0.3, 0.4) is 0 Å². The first-order valence-electron chi connectivity index (χ1n) is 11.3. The van der Waals surface area contributed by atoms with Crippen LogP contribution in [-0.4, -0.2) is 50.5 Å². The monoisotopic (exact) mass is 473 g/mol. The normalized spacial score (nSPS) is 12.1. The molecule has 8 heteroatoms. The second-order valence-corrected chi connectivity index (χ2v) is 10.2. The van der Waals surface area contributed by atoms with E-state index in [1.165, 1.54) is 10.6 Å². The number of aryl methyl sites for hydroxylation is 1. The second-order valence-electron chi connectivity index (χ2n) is 8.25. The molecule has 1 N–H and O–H groups in total. The zero-order valence-electron chi connectivity index (χ0n) is 20.0. The molecule has 2 aromatic rings. The highest BCUT2D eigenvalue weighted by atomic mass is 32.2. The van der Waals surface area contributed by atoms with Gasteiger partial charge in [0.05, 0.1) is 11.9 Å². The number of hydrogen-bond donors (Lipinski definition) is 1. The van der Waals surface area contributed by atoms with Crippen molar-refractivity contribution >= 4 is 27.5 Å². The van der Waals surface area contributed by atoms with Crippen LogP contribution in [0.1, 0.15) is 44.2 Å². The fraction of sp³-hybridized carbons (Fsp3) is 0.440. The highest BCUT2D eigenvalue weighted by molar-refractivity contribution is 7.92. The van der Waals surface area contributed by atoms with Crippen molar-refractivity contribution in [3.05, 3.63) is 65.7 Å². The second kappa shape index (κ2) is 12.4. The zero-order valence-corrected chi connectivity index (χ0v) is 20.8. The Morgan fingerprint density at radius 1 is 1.06 bits per heavy atom. The number of anilines is 1. The molecule has 0 bridgehead atoms. The van der Waals surface area contributed by atoms with Crippen LogP contribution in [0.5, 0.6) is 0 Å². The van der Waals surface area contributed by atoms with Crippen molar-refractivity contribution < 1.29 is 18.0 Å². The van der Waals surface area contributed by atoms with Gasteiger partial charge >= 0.3 is 0 Å². The highest BCUT2D eigenvalue weighted by Crippen LogP contribution is 2.20. The summed E-state index contributed by atoms with van der Waals surface area (Å²) in [4.78, 5) is 27.3. The average molecular weight is 474 g/mol. The van der Waals surface area contributed by atoms with Crippen LogP contribution in [0.2, 0.25) is 0 Å². The Bertz CT molecular complexity index is 1020. The average Bonchev–Trinajstić information content (AvgIpc) is 2.77. The molecule has 0 saturated carbocycles. The SMILES string of the molecule is CCCNC(=O)[C@@H](C)N(Cc1ccccc1)C(=O)CCCN(c1cccc(C)c1)S(C)(=O)=O. The van der Waals surface area contributed by atoms with E-state index in [1.54, 1.807) is 17.9 Å². The van der Waals surface area contributed by atoms with Gasteiger partial charge in [-0.05, 0) is 49.9 Å². The molecule has 1 atom stereocenters. The van der Waals surface area contributed by atoms with E-state index < -0.39 is 16.1 Å². The fourth-order valence-corrected chi connectivity index (χ4v) is 4.50. The smallest absolute Gasteiger partial charge is 0.242 e. The summed E-state index contributed by atoms with van der Waals surface area (Å²) < 4.78 is 26.1. The first-order valence-corrected chi connectivity index (χ1v) is 13.1. The molecular formula is C25H35N3O4S. The van der Waals surface area contributed by atoms with Gasteiger partial charge in [0, 0.05) is 26.1 Å². The maximum absolute atomic E-state index is 13.2. The van der Waals surface area contributed by atoms with Crippen molar-refractivity contribution in [1.29, 1.82) is 0 Å². The summed E-state index contributed by atoms with van der Waals surface area (Å²) in [5.74, 6) is -0.380. The Hall–Kier alpha value is -2.87. The van der Waals surface area contributed by atoms with E-state index in [4.69, 9.17) is 0 Å². The van der Waals surface area contributed by atoms with E-state index in [2.05, 4.69) is 5.32 Å². The molecule has 33 heavy (non-hydrogen) atoms. The van der Waals surface area contributed by atoms with Crippen LogP contribution in [0, 0.1) is 6.92 Å². The number of carbonyl (C=O) groups excluding carboxylic acids is 2. The number of sulfonamides is 1. The van der Waals surface area contributed by atoms with Gasteiger partial charge in [-0.1, -0.05) is 49.4 Å². The lowest BCUT2D eigenvalue weighted by molar-refractivity contribution is -0.140. The third-order valence-electron chi connectivity index (χ3n) is 5.35. The molecule has 0 aromatic heterocycles.